The number of methoxy groups -OCH3 is 1. The Hall–Kier alpha value is -1.79. The highest BCUT2D eigenvalue weighted by Crippen LogP contribution is 2.17. The van der Waals surface area contributed by atoms with E-state index in [0.29, 0.717) is 19.1 Å². The number of anilines is 1. The molecule has 0 aliphatic carbocycles. The Morgan fingerprint density at radius 1 is 1.32 bits per heavy atom. The summed E-state index contributed by atoms with van der Waals surface area (Å²) in [5.41, 5.74) is 2.57. The second-order valence-corrected chi connectivity index (χ2v) is 7.32. The van der Waals surface area contributed by atoms with Crippen molar-refractivity contribution in [2.75, 3.05) is 71.1 Å². The number of nitrogens with one attached hydrogen (secondary N) is 1. The van der Waals surface area contributed by atoms with Crippen molar-refractivity contribution in [2.45, 2.75) is 27.2 Å². The average molecular weight is 391 g/mol. The molecule has 0 bridgehead atoms. The lowest BCUT2D eigenvalue weighted by atomic mass is 10.1. The molecule has 0 amide bonds. The van der Waals surface area contributed by atoms with Crippen LogP contribution in [0.2, 0.25) is 0 Å². The van der Waals surface area contributed by atoms with E-state index in [9.17, 15) is 0 Å². The lowest BCUT2D eigenvalue weighted by Crippen LogP contribution is -2.41. The first kappa shape index (κ1) is 22.5. The predicted molar refractivity (Wildman–Crippen MR) is 117 cm³/mol. The van der Waals surface area contributed by atoms with Gasteiger partial charge in [-0.05, 0) is 44.9 Å². The van der Waals surface area contributed by atoms with E-state index < -0.39 is 0 Å². The Labute approximate surface area is 170 Å². The highest BCUT2D eigenvalue weighted by Gasteiger charge is 2.24. The van der Waals surface area contributed by atoms with Crippen molar-refractivity contribution in [3.05, 3.63) is 29.8 Å². The van der Waals surface area contributed by atoms with Crippen LogP contribution in [0.1, 0.15) is 25.8 Å². The standard InChI is InChI=1S/C22H38N4O2/c1-5-23-22(26-12-10-20(17-26)18-28-15-14-27-4)24-11-13-25(6-2)21-9-7-8-19(3)16-21/h7-9,16,20H,5-6,10-15,17-18H2,1-4H3,(H,23,24). The van der Waals surface area contributed by atoms with E-state index in [1.165, 1.54) is 11.3 Å². The fourth-order valence-electron chi connectivity index (χ4n) is 3.55. The van der Waals surface area contributed by atoms with Crippen LogP contribution in [0.4, 0.5) is 5.69 Å². The van der Waals surface area contributed by atoms with Crippen molar-refractivity contribution in [3.8, 4) is 0 Å². The number of nitrogens with zero attached hydrogens (tertiary/aromatic N) is 3. The van der Waals surface area contributed by atoms with Crippen LogP contribution in [0.15, 0.2) is 29.3 Å². The van der Waals surface area contributed by atoms with Gasteiger partial charge in [0.1, 0.15) is 0 Å². The molecule has 1 unspecified atom stereocenters. The number of aryl methyl sites for hydroxylation is 1. The van der Waals surface area contributed by atoms with Crippen LogP contribution < -0.4 is 10.2 Å². The molecular weight excluding hydrogens is 352 g/mol. The number of guanidine groups is 1. The van der Waals surface area contributed by atoms with Gasteiger partial charge in [-0.15, -0.1) is 0 Å². The van der Waals surface area contributed by atoms with E-state index in [0.717, 1.165) is 58.3 Å². The summed E-state index contributed by atoms with van der Waals surface area (Å²) in [6, 6.07) is 8.69. The molecule has 28 heavy (non-hydrogen) atoms. The third-order valence-corrected chi connectivity index (χ3v) is 5.09. The second kappa shape index (κ2) is 12.6. The highest BCUT2D eigenvalue weighted by molar-refractivity contribution is 5.80. The fourth-order valence-corrected chi connectivity index (χ4v) is 3.55. The molecule has 1 aliphatic rings. The molecule has 0 saturated carbocycles. The van der Waals surface area contributed by atoms with Crippen molar-refractivity contribution in [1.82, 2.24) is 10.2 Å². The number of rotatable bonds is 11. The predicted octanol–water partition coefficient (Wildman–Crippen LogP) is 2.77. The Morgan fingerprint density at radius 3 is 2.89 bits per heavy atom. The quantitative estimate of drug-likeness (QED) is 0.358. The number of likely N-dealkylation sites (tertiary alicyclic amines) is 1. The normalized spacial score (nSPS) is 17.2. The van der Waals surface area contributed by atoms with Gasteiger partial charge in [0.25, 0.3) is 0 Å². The molecule has 2 rings (SSSR count). The van der Waals surface area contributed by atoms with Gasteiger partial charge in [-0.1, -0.05) is 12.1 Å². The maximum absolute atomic E-state index is 5.71. The number of benzene rings is 1. The molecule has 1 aromatic rings. The van der Waals surface area contributed by atoms with Gasteiger partial charge in [0.15, 0.2) is 5.96 Å². The largest absolute Gasteiger partial charge is 0.382 e. The number of ether oxygens (including phenoxy) is 2. The molecule has 1 aliphatic heterocycles. The van der Waals surface area contributed by atoms with Gasteiger partial charge < -0.3 is 24.6 Å². The van der Waals surface area contributed by atoms with Crippen LogP contribution in [-0.2, 0) is 9.47 Å². The van der Waals surface area contributed by atoms with Gasteiger partial charge in [-0.2, -0.15) is 0 Å². The zero-order chi connectivity index (χ0) is 20.2. The first-order valence-electron chi connectivity index (χ1n) is 10.6. The molecule has 158 valence electrons. The van der Waals surface area contributed by atoms with Crippen LogP contribution in [0.5, 0.6) is 0 Å². The van der Waals surface area contributed by atoms with Crippen LogP contribution in [-0.4, -0.2) is 77.1 Å². The van der Waals surface area contributed by atoms with Crippen LogP contribution in [0.3, 0.4) is 0 Å². The zero-order valence-corrected chi connectivity index (χ0v) is 18.1. The van der Waals surface area contributed by atoms with Gasteiger partial charge in [-0.3, -0.25) is 4.99 Å². The fraction of sp³-hybridized carbons (Fsp3) is 0.682. The lowest BCUT2D eigenvalue weighted by molar-refractivity contribution is 0.0536. The first-order chi connectivity index (χ1) is 13.7. The SMILES string of the molecule is CCNC(=NCCN(CC)c1cccc(C)c1)N1CCC(COCCOC)C1. The summed E-state index contributed by atoms with van der Waals surface area (Å²) in [4.78, 5) is 9.66. The van der Waals surface area contributed by atoms with E-state index in [-0.39, 0.29) is 0 Å². The molecule has 1 aromatic carbocycles. The van der Waals surface area contributed by atoms with Gasteiger partial charge in [-0.25, -0.2) is 0 Å². The topological polar surface area (TPSA) is 49.3 Å². The minimum atomic E-state index is 0.570. The monoisotopic (exact) mass is 390 g/mol. The molecule has 0 aromatic heterocycles. The maximum Gasteiger partial charge on any atom is 0.193 e. The Kier molecular flexibility index (Phi) is 10.1. The van der Waals surface area contributed by atoms with Gasteiger partial charge >= 0.3 is 0 Å². The summed E-state index contributed by atoms with van der Waals surface area (Å²) >= 11 is 0. The number of likely N-dealkylation sites (N-methyl/N-ethyl adjacent to an activating group) is 1. The maximum atomic E-state index is 5.71. The van der Waals surface area contributed by atoms with Crippen molar-refractivity contribution in [2.24, 2.45) is 10.9 Å². The first-order valence-corrected chi connectivity index (χ1v) is 10.6. The lowest BCUT2D eigenvalue weighted by Gasteiger charge is -2.24. The molecule has 0 spiro atoms. The summed E-state index contributed by atoms with van der Waals surface area (Å²) in [5.74, 6) is 1.60. The zero-order valence-electron chi connectivity index (χ0n) is 18.1. The molecule has 1 saturated heterocycles. The summed E-state index contributed by atoms with van der Waals surface area (Å²) in [7, 11) is 1.71. The van der Waals surface area contributed by atoms with E-state index in [2.05, 4.69) is 60.2 Å². The second-order valence-electron chi connectivity index (χ2n) is 7.32. The number of hydrogen-bond donors (Lipinski definition) is 1. The Balaban J connectivity index is 1.86. The van der Waals surface area contributed by atoms with E-state index in [1.54, 1.807) is 7.11 Å². The third-order valence-electron chi connectivity index (χ3n) is 5.09. The molecule has 1 heterocycles. The van der Waals surface area contributed by atoms with Gasteiger partial charge in [0.2, 0.25) is 0 Å². The molecule has 1 N–H and O–H groups in total. The average Bonchev–Trinajstić information content (AvgIpc) is 3.16. The van der Waals surface area contributed by atoms with Gasteiger partial charge in [0, 0.05) is 51.4 Å². The summed E-state index contributed by atoms with van der Waals surface area (Å²) in [6.45, 7) is 14.2. The smallest absolute Gasteiger partial charge is 0.193 e. The summed E-state index contributed by atoms with van der Waals surface area (Å²) in [5, 5.41) is 3.46. The van der Waals surface area contributed by atoms with Crippen molar-refractivity contribution < 1.29 is 9.47 Å². The molecule has 1 atom stereocenters. The minimum absolute atomic E-state index is 0.570. The van der Waals surface area contributed by atoms with E-state index >= 15 is 0 Å². The Morgan fingerprint density at radius 2 is 2.18 bits per heavy atom. The van der Waals surface area contributed by atoms with Crippen LogP contribution in [0, 0.1) is 12.8 Å². The highest BCUT2D eigenvalue weighted by atomic mass is 16.5. The molecular formula is C22H38N4O2. The third kappa shape index (κ3) is 7.32. The number of hydrogen-bond acceptors (Lipinski definition) is 4. The molecule has 1 fully saturated rings. The van der Waals surface area contributed by atoms with Crippen LogP contribution >= 0.6 is 0 Å². The van der Waals surface area contributed by atoms with E-state index in [1.807, 2.05) is 0 Å². The van der Waals surface area contributed by atoms with Crippen molar-refractivity contribution in [3.63, 3.8) is 0 Å². The van der Waals surface area contributed by atoms with Crippen molar-refractivity contribution in [1.29, 1.82) is 0 Å². The van der Waals surface area contributed by atoms with E-state index in [4.69, 9.17) is 14.5 Å². The van der Waals surface area contributed by atoms with Gasteiger partial charge in [0.05, 0.1) is 26.4 Å². The molecule has 0 radical (unpaired) electrons. The Bertz CT molecular complexity index is 594. The minimum Gasteiger partial charge on any atom is -0.382 e. The van der Waals surface area contributed by atoms with Crippen molar-refractivity contribution >= 4 is 11.6 Å². The summed E-state index contributed by atoms with van der Waals surface area (Å²) < 4.78 is 10.8. The summed E-state index contributed by atoms with van der Waals surface area (Å²) in [6.07, 6.45) is 1.15. The molecule has 6 nitrogen and oxygen atoms in total. The number of aliphatic imine (C=N–C) groups is 1. The van der Waals surface area contributed by atoms with Crippen LogP contribution in [0.25, 0.3) is 0 Å². The molecule has 6 heteroatoms.